The molecule has 28 heavy (non-hydrogen) atoms. The molecule has 0 aliphatic heterocycles. The molecule has 1 aromatic carbocycles. The van der Waals surface area contributed by atoms with Crippen LogP contribution >= 0.6 is 11.6 Å². The highest BCUT2D eigenvalue weighted by molar-refractivity contribution is 6.35. The lowest BCUT2D eigenvalue weighted by atomic mass is 10.2. The van der Waals surface area contributed by atoms with Crippen LogP contribution < -0.4 is 5.56 Å². The maximum atomic E-state index is 13.3. The first-order chi connectivity index (χ1) is 13.6. The molecule has 146 valence electrons. The summed E-state index contributed by atoms with van der Waals surface area (Å²) in [7, 11) is 1.57. The molecule has 0 fully saturated rings. The van der Waals surface area contributed by atoms with Crippen molar-refractivity contribution in [1.82, 2.24) is 24.1 Å². The number of methoxy groups -OCH3 is 1. The average Bonchev–Trinajstić information content (AvgIpc) is 3.35. The molecule has 4 aromatic rings. The van der Waals surface area contributed by atoms with Crippen molar-refractivity contribution in [2.45, 2.75) is 19.4 Å². The van der Waals surface area contributed by atoms with Crippen LogP contribution in [0.25, 0.3) is 28.1 Å². The molecular weight excluding hydrogens is 386 g/mol. The number of benzene rings is 1. The second-order valence-electron chi connectivity index (χ2n) is 6.41. The lowest BCUT2D eigenvalue weighted by Gasteiger charge is -2.13. The number of aliphatic hydroxyl groups excluding tert-OH is 1. The molecule has 4 rings (SSSR count). The molecule has 0 radical (unpaired) electrons. The summed E-state index contributed by atoms with van der Waals surface area (Å²) in [6.07, 6.45) is 1.53. The zero-order chi connectivity index (χ0) is 19.8. The van der Waals surface area contributed by atoms with E-state index in [1.54, 1.807) is 29.1 Å². The van der Waals surface area contributed by atoms with Gasteiger partial charge in [0.1, 0.15) is 11.8 Å². The van der Waals surface area contributed by atoms with E-state index in [4.69, 9.17) is 20.9 Å². The van der Waals surface area contributed by atoms with Gasteiger partial charge >= 0.3 is 0 Å². The van der Waals surface area contributed by atoms with Crippen LogP contribution in [0.3, 0.4) is 0 Å². The molecule has 0 saturated heterocycles. The van der Waals surface area contributed by atoms with Crippen molar-refractivity contribution in [1.29, 1.82) is 0 Å². The van der Waals surface area contributed by atoms with Crippen LogP contribution in [0.4, 0.5) is 0 Å². The topological polar surface area (TPSA) is 108 Å². The minimum Gasteiger partial charge on any atom is -0.396 e. The van der Waals surface area contributed by atoms with Gasteiger partial charge in [0.2, 0.25) is 0 Å². The quantitative estimate of drug-likeness (QED) is 0.525. The number of halogens is 1. The second kappa shape index (κ2) is 7.34. The largest absolute Gasteiger partial charge is 0.396 e. The average molecular weight is 404 g/mol. The normalized spacial score (nSPS) is 12.9. The Kier molecular flexibility index (Phi) is 4.88. The van der Waals surface area contributed by atoms with Gasteiger partial charge in [0, 0.05) is 19.6 Å². The number of nitrogens with zero attached hydrogens (tertiary/aromatic N) is 5. The van der Waals surface area contributed by atoms with Crippen LogP contribution in [0.2, 0.25) is 5.02 Å². The van der Waals surface area contributed by atoms with Crippen LogP contribution in [0.1, 0.15) is 18.7 Å². The van der Waals surface area contributed by atoms with E-state index < -0.39 is 0 Å². The van der Waals surface area contributed by atoms with Crippen molar-refractivity contribution in [3.63, 3.8) is 0 Å². The number of ether oxygens (including phenoxy) is 1. The van der Waals surface area contributed by atoms with Crippen molar-refractivity contribution in [2.75, 3.05) is 20.3 Å². The number of aliphatic hydroxyl groups is 1. The molecule has 3 heterocycles. The summed E-state index contributed by atoms with van der Waals surface area (Å²) >= 11 is 6.39. The number of imidazole rings is 1. The van der Waals surface area contributed by atoms with Gasteiger partial charge in [-0.15, -0.1) is 0 Å². The zero-order valence-corrected chi connectivity index (χ0v) is 16.0. The van der Waals surface area contributed by atoms with E-state index in [1.165, 1.54) is 6.33 Å². The number of hydrogen-bond acceptors (Lipinski definition) is 7. The Morgan fingerprint density at radius 3 is 2.93 bits per heavy atom. The molecule has 0 aliphatic carbocycles. The highest BCUT2D eigenvalue weighted by Crippen LogP contribution is 2.27. The van der Waals surface area contributed by atoms with Crippen molar-refractivity contribution in [2.24, 2.45) is 0 Å². The zero-order valence-electron chi connectivity index (χ0n) is 15.3. The third-order valence-corrected chi connectivity index (χ3v) is 4.89. The highest BCUT2D eigenvalue weighted by atomic mass is 35.5. The van der Waals surface area contributed by atoms with Gasteiger partial charge in [0.05, 0.1) is 29.3 Å². The SMILES string of the molecule is COCCn1c(=O)c2c(-c3nc(C(C)CO)no3)ncn2c2cccc(Cl)c21. The monoisotopic (exact) mass is 403 g/mol. The Bertz CT molecular complexity index is 1210. The fourth-order valence-corrected chi connectivity index (χ4v) is 3.37. The Morgan fingerprint density at radius 2 is 2.18 bits per heavy atom. The summed E-state index contributed by atoms with van der Waals surface area (Å²) < 4.78 is 13.7. The summed E-state index contributed by atoms with van der Waals surface area (Å²) in [6, 6.07) is 5.40. The molecule has 0 saturated carbocycles. The lowest BCUT2D eigenvalue weighted by molar-refractivity contribution is 0.187. The Morgan fingerprint density at radius 1 is 1.36 bits per heavy atom. The minimum absolute atomic E-state index is 0.115. The first kappa shape index (κ1) is 18.6. The summed E-state index contributed by atoms with van der Waals surface area (Å²) in [5.74, 6) is 0.182. The van der Waals surface area contributed by atoms with E-state index in [-0.39, 0.29) is 29.7 Å². The van der Waals surface area contributed by atoms with Gasteiger partial charge in [-0.25, -0.2) is 4.98 Å². The van der Waals surface area contributed by atoms with E-state index >= 15 is 0 Å². The fourth-order valence-electron chi connectivity index (χ4n) is 3.10. The molecular formula is C18H18ClN5O4. The van der Waals surface area contributed by atoms with Crippen LogP contribution in [-0.4, -0.2) is 49.5 Å². The Labute approximate surface area is 164 Å². The van der Waals surface area contributed by atoms with Gasteiger partial charge in [0.15, 0.2) is 11.5 Å². The molecule has 1 atom stereocenters. The van der Waals surface area contributed by atoms with E-state index in [2.05, 4.69) is 15.1 Å². The molecule has 0 spiro atoms. The van der Waals surface area contributed by atoms with Crippen LogP contribution in [0.5, 0.6) is 0 Å². The Balaban J connectivity index is 2.01. The summed E-state index contributed by atoms with van der Waals surface area (Å²) in [5.41, 5.74) is 1.61. The van der Waals surface area contributed by atoms with Crippen molar-refractivity contribution in [3.05, 3.63) is 45.7 Å². The smallest absolute Gasteiger partial charge is 0.278 e. The van der Waals surface area contributed by atoms with E-state index in [0.29, 0.717) is 35.0 Å². The molecule has 10 heteroatoms. The van der Waals surface area contributed by atoms with Crippen LogP contribution in [0, 0.1) is 0 Å². The molecule has 0 aliphatic rings. The van der Waals surface area contributed by atoms with Gasteiger partial charge in [-0.05, 0) is 12.1 Å². The maximum absolute atomic E-state index is 13.3. The van der Waals surface area contributed by atoms with Gasteiger partial charge < -0.3 is 18.9 Å². The van der Waals surface area contributed by atoms with Crippen molar-refractivity contribution >= 4 is 28.2 Å². The molecule has 0 amide bonds. The summed E-state index contributed by atoms with van der Waals surface area (Å²) in [6.45, 7) is 2.33. The number of para-hydroxylation sites is 1. The van der Waals surface area contributed by atoms with E-state index in [9.17, 15) is 9.90 Å². The minimum atomic E-state index is -0.292. The van der Waals surface area contributed by atoms with Gasteiger partial charge in [-0.3, -0.25) is 9.20 Å². The van der Waals surface area contributed by atoms with Gasteiger partial charge in [0.25, 0.3) is 11.4 Å². The fraction of sp³-hybridized carbons (Fsp3) is 0.333. The summed E-state index contributed by atoms with van der Waals surface area (Å²) in [4.78, 5) is 21.9. The maximum Gasteiger partial charge on any atom is 0.278 e. The number of rotatable bonds is 6. The highest BCUT2D eigenvalue weighted by Gasteiger charge is 2.23. The molecule has 0 bridgehead atoms. The van der Waals surface area contributed by atoms with Gasteiger partial charge in [-0.1, -0.05) is 29.7 Å². The third-order valence-electron chi connectivity index (χ3n) is 4.59. The third kappa shape index (κ3) is 2.88. The first-order valence-electron chi connectivity index (χ1n) is 8.68. The van der Waals surface area contributed by atoms with Gasteiger partial charge in [-0.2, -0.15) is 4.98 Å². The number of hydrogen-bond donors (Lipinski definition) is 1. The van der Waals surface area contributed by atoms with Crippen molar-refractivity contribution in [3.8, 4) is 11.6 Å². The van der Waals surface area contributed by atoms with E-state index in [0.717, 1.165) is 5.52 Å². The second-order valence-corrected chi connectivity index (χ2v) is 6.82. The summed E-state index contributed by atoms with van der Waals surface area (Å²) in [5, 5.41) is 13.6. The lowest BCUT2D eigenvalue weighted by Crippen LogP contribution is -2.25. The van der Waals surface area contributed by atoms with Crippen molar-refractivity contribution < 1.29 is 14.4 Å². The standard InChI is InChI=1S/C18H18ClN5O4/c1-10(8-25)16-21-17(28-22-16)13-15-18(26)23(6-7-27-2)14-11(19)4-3-5-12(14)24(15)9-20-13/h3-5,9-10,25H,6-8H2,1-2H3. The molecule has 3 aromatic heterocycles. The molecule has 1 N–H and O–H groups in total. The molecule has 1 unspecified atom stereocenters. The first-order valence-corrected chi connectivity index (χ1v) is 9.06. The predicted molar refractivity (Wildman–Crippen MR) is 103 cm³/mol. The van der Waals surface area contributed by atoms with Crippen LogP contribution in [-0.2, 0) is 11.3 Å². The number of aromatic nitrogens is 5. The number of fused-ring (bicyclic) bond motifs is 3. The Hall–Kier alpha value is -2.75. The van der Waals surface area contributed by atoms with E-state index in [1.807, 2.05) is 12.1 Å². The molecule has 9 nitrogen and oxygen atoms in total. The van der Waals surface area contributed by atoms with Crippen LogP contribution in [0.15, 0.2) is 33.8 Å². The predicted octanol–water partition coefficient (Wildman–Crippen LogP) is 2.09.